The summed E-state index contributed by atoms with van der Waals surface area (Å²) in [6.07, 6.45) is 1.36. The molecule has 0 radical (unpaired) electrons. The number of thiazole rings is 1. The number of H-pyrrole nitrogens is 1. The van der Waals surface area contributed by atoms with Crippen LogP contribution in [0.15, 0.2) is 23.0 Å². The van der Waals surface area contributed by atoms with Gasteiger partial charge in [-0.2, -0.15) is 0 Å². The van der Waals surface area contributed by atoms with E-state index >= 15 is 0 Å². The van der Waals surface area contributed by atoms with Crippen molar-refractivity contribution in [3.63, 3.8) is 0 Å². The zero-order chi connectivity index (χ0) is 15.9. The normalized spacial score (nSPS) is 10.6. The minimum Gasteiger partial charge on any atom is -0.494 e. The van der Waals surface area contributed by atoms with Crippen molar-refractivity contribution in [3.8, 4) is 17.4 Å². The van der Waals surface area contributed by atoms with E-state index in [0.717, 1.165) is 29.9 Å². The predicted molar refractivity (Wildman–Crippen MR) is 86.4 cm³/mol. The first-order valence-electron chi connectivity index (χ1n) is 6.99. The molecule has 0 unspecified atom stereocenters. The van der Waals surface area contributed by atoms with Gasteiger partial charge in [0, 0.05) is 6.42 Å². The van der Waals surface area contributed by atoms with Crippen molar-refractivity contribution < 1.29 is 14.6 Å². The van der Waals surface area contributed by atoms with Crippen LogP contribution in [0.25, 0.3) is 0 Å². The molecule has 2 rings (SSSR count). The summed E-state index contributed by atoms with van der Waals surface area (Å²) in [6, 6.07) is 5.60. The lowest BCUT2D eigenvalue weighted by molar-refractivity contribution is 0.288. The second-order valence-corrected chi connectivity index (χ2v) is 5.82. The summed E-state index contributed by atoms with van der Waals surface area (Å²) in [5.74, 6) is 1.26. The molecule has 0 fully saturated rings. The summed E-state index contributed by atoms with van der Waals surface area (Å²) in [4.78, 5) is 13.9. The van der Waals surface area contributed by atoms with Gasteiger partial charge in [-0.25, -0.2) is 0 Å². The van der Waals surface area contributed by atoms with Crippen molar-refractivity contribution in [2.24, 2.45) is 0 Å². The van der Waals surface area contributed by atoms with Gasteiger partial charge >= 0.3 is 4.87 Å². The van der Waals surface area contributed by atoms with Gasteiger partial charge < -0.3 is 19.9 Å². The van der Waals surface area contributed by atoms with E-state index in [1.807, 2.05) is 25.2 Å². The van der Waals surface area contributed by atoms with Crippen molar-refractivity contribution in [2.45, 2.75) is 12.8 Å². The van der Waals surface area contributed by atoms with Gasteiger partial charge in [0.1, 0.15) is 0 Å². The van der Waals surface area contributed by atoms with Crippen LogP contribution in [0.2, 0.25) is 0 Å². The molecule has 1 aromatic heterocycles. The van der Waals surface area contributed by atoms with Crippen LogP contribution >= 0.6 is 11.3 Å². The minimum atomic E-state index is -0.260. The van der Waals surface area contributed by atoms with Crippen LogP contribution in [0.4, 0.5) is 0 Å². The maximum absolute atomic E-state index is 11.2. The molecular weight excluding hydrogens is 304 g/mol. The Morgan fingerprint density at radius 3 is 2.82 bits per heavy atom. The van der Waals surface area contributed by atoms with E-state index < -0.39 is 0 Å². The highest BCUT2D eigenvalue weighted by atomic mass is 32.1. The topological polar surface area (TPSA) is 83.6 Å². The first-order valence-corrected chi connectivity index (χ1v) is 7.81. The van der Waals surface area contributed by atoms with Gasteiger partial charge in [-0.05, 0) is 37.7 Å². The molecule has 120 valence electrons. The van der Waals surface area contributed by atoms with Crippen LogP contribution in [-0.2, 0) is 6.42 Å². The average Bonchev–Trinajstić information content (AvgIpc) is 2.82. The molecule has 1 aromatic carbocycles. The molecule has 0 aliphatic carbocycles. The summed E-state index contributed by atoms with van der Waals surface area (Å²) in [5, 5.41) is 12.7. The van der Waals surface area contributed by atoms with Gasteiger partial charge in [-0.1, -0.05) is 17.4 Å². The van der Waals surface area contributed by atoms with Gasteiger partial charge in [0.25, 0.3) is 0 Å². The molecule has 0 aliphatic heterocycles. The lowest BCUT2D eigenvalue weighted by Crippen LogP contribution is -2.11. The molecule has 0 amide bonds. The maximum atomic E-state index is 11.2. The lowest BCUT2D eigenvalue weighted by atomic mass is 10.1. The minimum absolute atomic E-state index is 0.0673. The van der Waals surface area contributed by atoms with Crippen LogP contribution in [-0.4, -0.2) is 37.4 Å². The SMILES string of the molecule is CNCCCOc1cc(Cc2sc(=O)[nH]c2O)ccc1OC. The molecule has 0 saturated carbocycles. The zero-order valence-electron chi connectivity index (χ0n) is 12.6. The van der Waals surface area contributed by atoms with Gasteiger partial charge in [-0.15, -0.1) is 0 Å². The third-order valence-corrected chi connectivity index (χ3v) is 3.99. The second-order valence-electron chi connectivity index (χ2n) is 4.75. The highest BCUT2D eigenvalue weighted by Gasteiger charge is 2.11. The summed E-state index contributed by atoms with van der Waals surface area (Å²) in [5.41, 5.74) is 0.940. The van der Waals surface area contributed by atoms with Gasteiger partial charge in [0.05, 0.1) is 18.6 Å². The summed E-state index contributed by atoms with van der Waals surface area (Å²) in [6.45, 7) is 1.47. The van der Waals surface area contributed by atoms with Crippen molar-refractivity contribution in [3.05, 3.63) is 38.3 Å². The first-order chi connectivity index (χ1) is 10.6. The molecule has 7 heteroatoms. The van der Waals surface area contributed by atoms with E-state index in [2.05, 4.69) is 10.3 Å². The fourth-order valence-corrected chi connectivity index (χ4v) is 2.79. The molecule has 3 N–H and O–H groups in total. The van der Waals surface area contributed by atoms with E-state index in [1.165, 1.54) is 0 Å². The fourth-order valence-electron chi connectivity index (χ4n) is 2.03. The number of aromatic amines is 1. The largest absolute Gasteiger partial charge is 0.494 e. The van der Waals surface area contributed by atoms with Gasteiger partial charge in [0.2, 0.25) is 5.88 Å². The second kappa shape index (κ2) is 7.86. The zero-order valence-corrected chi connectivity index (χ0v) is 13.5. The van der Waals surface area contributed by atoms with E-state index in [0.29, 0.717) is 29.4 Å². The molecule has 0 saturated heterocycles. The molecular formula is C15H20N2O4S. The molecule has 1 heterocycles. The van der Waals surface area contributed by atoms with Crippen molar-refractivity contribution >= 4 is 11.3 Å². The number of nitrogens with one attached hydrogen (secondary N) is 2. The van der Waals surface area contributed by atoms with E-state index in [4.69, 9.17) is 9.47 Å². The number of rotatable bonds is 8. The quantitative estimate of drug-likeness (QED) is 0.644. The smallest absolute Gasteiger partial charge is 0.307 e. The van der Waals surface area contributed by atoms with Crippen molar-refractivity contribution in [1.29, 1.82) is 0 Å². The lowest BCUT2D eigenvalue weighted by Gasteiger charge is -2.12. The maximum Gasteiger partial charge on any atom is 0.307 e. The van der Waals surface area contributed by atoms with Crippen LogP contribution in [0, 0.1) is 0 Å². The highest BCUT2D eigenvalue weighted by molar-refractivity contribution is 7.09. The number of methoxy groups -OCH3 is 1. The van der Waals surface area contributed by atoms with Crippen LogP contribution in [0.5, 0.6) is 17.4 Å². The van der Waals surface area contributed by atoms with Crippen LogP contribution < -0.4 is 19.7 Å². The molecule has 22 heavy (non-hydrogen) atoms. The molecule has 6 nitrogen and oxygen atoms in total. The Morgan fingerprint density at radius 1 is 1.36 bits per heavy atom. The molecule has 0 spiro atoms. The Morgan fingerprint density at radius 2 is 2.18 bits per heavy atom. The Balaban J connectivity index is 2.12. The van der Waals surface area contributed by atoms with Crippen LogP contribution in [0.1, 0.15) is 16.9 Å². The van der Waals surface area contributed by atoms with E-state index in [1.54, 1.807) is 7.11 Å². The monoisotopic (exact) mass is 324 g/mol. The first kappa shape index (κ1) is 16.4. The highest BCUT2D eigenvalue weighted by Crippen LogP contribution is 2.30. The molecule has 0 atom stereocenters. The summed E-state index contributed by atoms with van der Waals surface area (Å²) < 4.78 is 11.0. The number of hydrogen-bond donors (Lipinski definition) is 3. The third-order valence-electron chi connectivity index (χ3n) is 3.12. The number of aromatic hydroxyl groups is 1. The predicted octanol–water partition coefficient (Wildman–Crippen LogP) is 1.73. The Bertz CT molecular complexity index is 666. The number of hydrogen-bond acceptors (Lipinski definition) is 6. The van der Waals surface area contributed by atoms with Gasteiger partial charge in [0.15, 0.2) is 11.5 Å². The average molecular weight is 324 g/mol. The Labute approximate surface area is 132 Å². The van der Waals surface area contributed by atoms with E-state index in [9.17, 15) is 9.90 Å². The van der Waals surface area contributed by atoms with Crippen molar-refractivity contribution in [2.75, 3.05) is 27.3 Å². The standard InChI is InChI=1S/C15H20N2O4S/c1-16-6-3-7-21-12-8-10(4-5-11(12)20-2)9-13-14(18)17-15(19)22-13/h4-5,8,16,18H,3,6-7,9H2,1-2H3,(H,17,19). The Hall–Kier alpha value is -1.99. The number of benzene rings is 1. The summed E-state index contributed by atoms with van der Waals surface area (Å²) in [7, 11) is 3.50. The Kier molecular flexibility index (Phi) is 5.85. The number of aromatic nitrogens is 1. The fraction of sp³-hybridized carbons (Fsp3) is 0.400. The summed E-state index contributed by atoms with van der Waals surface area (Å²) >= 11 is 1.01. The van der Waals surface area contributed by atoms with Crippen molar-refractivity contribution in [1.82, 2.24) is 10.3 Å². The van der Waals surface area contributed by atoms with Gasteiger partial charge in [-0.3, -0.25) is 9.78 Å². The van der Waals surface area contributed by atoms with E-state index in [-0.39, 0.29) is 10.8 Å². The molecule has 0 bridgehead atoms. The molecule has 0 aliphatic rings. The third kappa shape index (κ3) is 4.25. The van der Waals surface area contributed by atoms with Crippen LogP contribution in [0.3, 0.4) is 0 Å². The molecule has 2 aromatic rings. The number of ether oxygens (including phenoxy) is 2.